The molecule has 18 heavy (non-hydrogen) atoms. The van der Waals surface area contributed by atoms with Crippen molar-refractivity contribution < 1.29 is 19.4 Å². The number of nitrogens with one attached hydrogen (secondary N) is 2. The molecule has 0 aliphatic rings. The van der Waals surface area contributed by atoms with Crippen LogP contribution in [0.25, 0.3) is 0 Å². The highest BCUT2D eigenvalue weighted by Gasteiger charge is 2.13. The molecule has 1 amide bonds. The summed E-state index contributed by atoms with van der Waals surface area (Å²) in [5, 5.41) is 18.2. The van der Waals surface area contributed by atoms with Crippen molar-refractivity contribution in [3.8, 4) is 5.75 Å². The lowest BCUT2D eigenvalue weighted by Crippen LogP contribution is -2.27. The van der Waals surface area contributed by atoms with Crippen molar-refractivity contribution in [3.05, 3.63) is 24.3 Å². The number of aliphatic hydroxyl groups is 1. The third-order valence-corrected chi connectivity index (χ3v) is 2.05. The van der Waals surface area contributed by atoms with Gasteiger partial charge in [0, 0.05) is 12.6 Å². The number of rotatable bonds is 6. The van der Waals surface area contributed by atoms with E-state index in [4.69, 9.17) is 15.3 Å². The van der Waals surface area contributed by atoms with Gasteiger partial charge in [-0.15, -0.1) is 0 Å². The van der Waals surface area contributed by atoms with Gasteiger partial charge in [0.15, 0.2) is 11.5 Å². The Morgan fingerprint density at radius 1 is 1.33 bits per heavy atom. The minimum Gasteiger partial charge on any atom is -0.491 e. The maximum atomic E-state index is 11.4. The molecule has 0 unspecified atom stereocenters. The van der Waals surface area contributed by atoms with Gasteiger partial charge in [-0.25, -0.2) is 0 Å². The molecule has 0 aliphatic carbocycles. The number of ketones is 1. The number of carbonyl (C=O) groups is 2. The van der Waals surface area contributed by atoms with Gasteiger partial charge in [0.1, 0.15) is 12.4 Å². The standard InChI is InChI=1S/C12H14N2O4/c1-8(16)11(13)12(17)14-9-2-4-10(5-3-9)18-7-6-15/h2-5,13,15H,6-7H2,1H3,(H,14,17). The van der Waals surface area contributed by atoms with E-state index in [0.29, 0.717) is 11.4 Å². The smallest absolute Gasteiger partial charge is 0.277 e. The van der Waals surface area contributed by atoms with Gasteiger partial charge in [0.2, 0.25) is 0 Å². The van der Waals surface area contributed by atoms with Crippen molar-refractivity contribution in [1.82, 2.24) is 0 Å². The maximum absolute atomic E-state index is 11.4. The fraction of sp³-hybridized carbons (Fsp3) is 0.250. The molecule has 1 aromatic rings. The molecule has 0 radical (unpaired) electrons. The van der Waals surface area contributed by atoms with Gasteiger partial charge in [-0.1, -0.05) is 0 Å². The zero-order valence-corrected chi connectivity index (χ0v) is 9.90. The average Bonchev–Trinajstić information content (AvgIpc) is 2.36. The molecule has 1 rings (SSSR count). The second-order valence-corrected chi connectivity index (χ2v) is 3.48. The van der Waals surface area contributed by atoms with Crippen LogP contribution < -0.4 is 10.1 Å². The van der Waals surface area contributed by atoms with Gasteiger partial charge in [0.25, 0.3) is 5.91 Å². The Morgan fingerprint density at radius 2 is 1.94 bits per heavy atom. The van der Waals surface area contributed by atoms with Crippen LogP contribution >= 0.6 is 0 Å². The van der Waals surface area contributed by atoms with Crippen LogP contribution in [0.15, 0.2) is 24.3 Å². The van der Waals surface area contributed by atoms with Gasteiger partial charge < -0.3 is 15.2 Å². The molecule has 0 aliphatic heterocycles. The van der Waals surface area contributed by atoms with Crippen molar-refractivity contribution >= 4 is 23.1 Å². The Bertz CT molecular complexity index is 454. The Balaban J connectivity index is 2.61. The first-order chi connectivity index (χ1) is 8.54. The average molecular weight is 250 g/mol. The number of anilines is 1. The SMILES string of the molecule is CC(=O)C(=N)C(=O)Nc1ccc(OCCO)cc1. The van der Waals surface area contributed by atoms with Gasteiger partial charge in [0.05, 0.1) is 6.61 Å². The molecule has 1 aromatic carbocycles. The van der Waals surface area contributed by atoms with Gasteiger partial charge >= 0.3 is 0 Å². The third-order valence-electron chi connectivity index (χ3n) is 2.05. The molecule has 0 heterocycles. The molecular weight excluding hydrogens is 236 g/mol. The van der Waals surface area contributed by atoms with Crippen LogP contribution in [0.4, 0.5) is 5.69 Å². The second kappa shape index (κ2) is 6.51. The number of Topliss-reactive ketones (excluding diaryl/α,β-unsaturated/α-hetero) is 1. The van der Waals surface area contributed by atoms with Crippen molar-refractivity contribution in [3.63, 3.8) is 0 Å². The van der Waals surface area contributed by atoms with Gasteiger partial charge in [-0.05, 0) is 24.3 Å². The zero-order chi connectivity index (χ0) is 13.5. The molecule has 0 bridgehead atoms. The Hall–Kier alpha value is -2.21. The molecular formula is C12H14N2O4. The van der Waals surface area contributed by atoms with Crippen LogP contribution in [0.3, 0.4) is 0 Å². The fourth-order valence-corrected chi connectivity index (χ4v) is 1.15. The van der Waals surface area contributed by atoms with Crippen LogP contribution in [-0.2, 0) is 9.59 Å². The number of benzene rings is 1. The minimum atomic E-state index is -0.744. The van der Waals surface area contributed by atoms with E-state index in [9.17, 15) is 9.59 Å². The first-order valence-electron chi connectivity index (χ1n) is 5.29. The summed E-state index contributed by atoms with van der Waals surface area (Å²) in [7, 11) is 0. The fourth-order valence-electron chi connectivity index (χ4n) is 1.15. The molecule has 3 N–H and O–H groups in total. The molecule has 0 fully saturated rings. The first kappa shape index (κ1) is 13.9. The lowest BCUT2D eigenvalue weighted by atomic mass is 10.2. The Morgan fingerprint density at radius 3 is 2.44 bits per heavy atom. The largest absolute Gasteiger partial charge is 0.491 e. The number of carbonyl (C=O) groups excluding carboxylic acids is 2. The summed E-state index contributed by atoms with van der Waals surface area (Å²) >= 11 is 0. The van der Waals surface area contributed by atoms with Crippen LogP contribution in [-0.4, -0.2) is 35.7 Å². The number of amides is 1. The number of aliphatic hydroxyl groups excluding tert-OH is 1. The summed E-state index contributed by atoms with van der Waals surface area (Å²) in [6.45, 7) is 1.28. The third kappa shape index (κ3) is 3.99. The maximum Gasteiger partial charge on any atom is 0.277 e. The van der Waals surface area contributed by atoms with Crippen molar-refractivity contribution in [1.29, 1.82) is 5.41 Å². The predicted molar refractivity (Wildman–Crippen MR) is 66.1 cm³/mol. The minimum absolute atomic E-state index is 0.0751. The summed E-state index contributed by atoms with van der Waals surface area (Å²) in [5.74, 6) is -0.773. The molecule has 0 spiro atoms. The summed E-state index contributed by atoms with van der Waals surface area (Å²) in [5.41, 5.74) is -0.127. The molecule has 6 heteroatoms. The Kier molecular flexibility index (Phi) is 5.01. The quantitative estimate of drug-likeness (QED) is 0.508. The predicted octanol–water partition coefficient (Wildman–Crippen LogP) is 0.605. The summed E-state index contributed by atoms with van der Waals surface area (Å²) < 4.78 is 5.14. The molecule has 0 aromatic heterocycles. The van der Waals surface area contributed by atoms with Crippen LogP contribution in [0.2, 0.25) is 0 Å². The Labute approximate surface area is 104 Å². The normalized spacial score (nSPS) is 9.67. The summed E-state index contributed by atoms with van der Waals surface area (Å²) in [4.78, 5) is 22.2. The van der Waals surface area contributed by atoms with Crippen LogP contribution in [0.5, 0.6) is 5.75 Å². The van der Waals surface area contributed by atoms with Gasteiger partial charge in [-0.3, -0.25) is 15.0 Å². The van der Waals surface area contributed by atoms with E-state index in [-0.39, 0.29) is 13.2 Å². The number of hydrogen-bond acceptors (Lipinski definition) is 5. The van der Waals surface area contributed by atoms with Crippen molar-refractivity contribution in [2.75, 3.05) is 18.5 Å². The topological polar surface area (TPSA) is 99.5 Å². The number of ether oxygens (including phenoxy) is 1. The highest BCUT2D eigenvalue weighted by Crippen LogP contribution is 2.15. The summed E-state index contributed by atoms with van der Waals surface area (Å²) in [6.07, 6.45) is 0. The van der Waals surface area contributed by atoms with E-state index < -0.39 is 17.4 Å². The van der Waals surface area contributed by atoms with Gasteiger partial charge in [-0.2, -0.15) is 0 Å². The van der Waals surface area contributed by atoms with Crippen molar-refractivity contribution in [2.45, 2.75) is 6.92 Å². The highest BCUT2D eigenvalue weighted by molar-refractivity contribution is 6.66. The van der Waals surface area contributed by atoms with Crippen LogP contribution in [0.1, 0.15) is 6.92 Å². The molecule has 0 saturated carbocycles. The molecule has 96 valence electrons. The lowest BCUT2D eigenvalue weighted by molar-refractivity contribution is -0.114. The van der Waals surface area contributed by atoms with E-state index >= 15 is 0 Å². The lowest BCUT2D eigenvalue weighted by Gasteiger charge is -2.07. The van der Waals surface area contributed by atoms with Crippen LogP contribution in [0, 0.1) is 5.41 Å². The first-order valence-corrected chi connectivity index (χ1v) is 5.29. The second-order valence-electron chi connectivity index (χ2n) is 3.48. The zero-order valence-electron chi connectivity index (χ0n) is 9.90. The van der Waals surface area contributed by atoms with E-state index in [1.165, 1.54) is 0 Å². The van der Waals surface area contributed by atoms with E-state index in [1.54, 1.807) is 24.3 Å². The monoisotopic (exact) mass is 250 g/mol. The molecule has 6 nitrogen and oxygen atoms in total. The van der Waals surface area contributed by atoms with E-state index in [2.05, 4.69) is 5.32 Å². The molecule has 0 atom stereocenters. The number of hydrogen-bond donors (Lipinski definition) is 3. The van der Waals surface area contributed by atoms with E-state index in [1.807, 2.05) is 0 Å². The van der Waals surface area contributed by atoms with E-state index in [0.717, 1.165) is 6.92 Å². The molecule has 0 saturated heterocycles. The highest BCUT2D eigenvalue weighted by atomic mass is 16.5. The van der Waals surface area contributed by atoms with Crippen molar-refractivity contribution in [2.24, 2.45) is 0 Å². The summed E-state index contributed by atoms with van der Waals surface area (Å²) in [6, 6.07) is 6.39.